The number of hydrogen-bond donors (Lipinski definition) is 1. The lowest BCUT2D eigenvalue weighted by Crippen LogP contribution is -2.33. The summed E-state index contributed by atoms with van der Waals surface area (Å²) in [6.07, 6.45) is 3.02. The average molecular weight is 258 g/mol. The summed E-state index contributed by atoms with van der Waals surface area (Å²) in [4.78, 5) is 4.12. The fourth-order valence-electron chi connectivity index (χ4n) is 1.65. The van der Waals surface area contributed by atoms with Gasteiger partial charge in [-0.3, -0.25) is 0 Å². The Morgan fingerprint density at radius 3 is 2.64 bits per heavy atom. The molecule has 0 aliphatic carbocycles. The molecule has 3 nitrogen and oxygen atoms in total. The topological polar surface area (TPSA) is 42.4 Å². The Morgan fingerprint density at radius 1 is 1.36 bits per heavy atom. The van der Waals surface area contributed by atoms with E-state index in [4.69, 9.17) is 4.74 Å². The summed E-state index contributed by atoms with van der Waals surface area (Å²) in [6.45, 7) is 1.24. The predicted octanol–water partition coefficient (Wildman–Crippen LogP) is 1.84. The molecule has 1 saturated heterocycles. The van der Waals surface area contributed by atoms with Crippen molar-refractivity contribution in [1.29, 1.82) is 0 Å². The molecule has 1 fully saturated rings. The zero-order chi connectivity index (χ0) is 10.0. The first kappa shape index (κ1) is 10.1. The van der Waals surface area contributed by atoms with Crippen molar-refractivity contribution in [2.75, 3.05) is 13.2 Å². The molecule has 0 radical (unpaired) electrons. The summed E-state index contributed by atoms with van der Waals surface area (Å²) in [6, 6.07) is 3.76. The van der Waals surface area contributed by atoms with Crippen LogP contribution in [-0.4, -0.2) is 23.3 Å². The van der Waals surface area contributed by atoms with Gasteiger partial charge < -0.3 is 9.84 Å². The molecule has 1 N–H and O–H groups in total. The maximum atomic E-state index is 10.3. The Labute approximate surface area is 91.2 Å². The van der Waals surface area contributed by atoms with Crippen molar-refractivity contribution in [3.8, 4) is 0 Å². The molecular weight excluding hydrogens is 246 g/mol. The highest BCUT2D eigenvalue weighted by atomic mass is 79.9. The van der Waals surface area contributed by atoms with Crippen LogP contribution in [0.3, 0.4) is 0 Å². The Bertz CT molecular complexity index is 306. The quantitative estimate of drug-likeness (QED) is 0.781. The minimum atomic E-state index is -0.744. The fraction of sp³-hybridized carbons (Fsp3) is 0.500. The molecule has 0 bridgehead atoms. The summed E-state index contributed by atoms with van der Waals surface area (Å²) in [5.41, 5.74) is 0.135. The zero-order valence-corrected chi connectivity index (χ0v) is 9.33. The van der Waals surface area contributed by atoms with Gasteiger partial charge in [-0.1, -0.05) is 6.07 Å². The Balaban J connectivity index is 2.23. The molecule has 0 unspecified atom stereocenters. The molecule has 76 valence electrons. The van der Waals surface area contributed by atoms with Crippen molar-refractivity contribution in [2.45, 2.75) is 18.4 Å². The maximum Gasteiger partial charge on any atom is 0.106 e. The Kier molecular flexibility index (Phi) is 2.85. The van der Waals surface area contributed by atoms with Gasteiger partial charge in [0.25, 0.3) is 0 Å². The lowest BCUT2D eigenvalue weighted by atomic mass is 9.88. The highest BCUT2D eigenvalue weighted by Crippen LogP contribution is 2.31. The van der Waals surface area contributed by atoms with Gasteiger partial charge in [0, 0.05) is 37.8 Å². The number of pyridine rings is 1. The van der Waals surface area contributed by atoms with E-state index in [0.717, 1.165) is 10.2 Å². The van der Waals surface area contributed by atoms with Crippen LogP contribution in [0.4, 0.5) is 0 Å². The van der Waals surface area contributed by atoms with E-state index in [9.17, 15) is 5.11 Å². The van der Waals surface area contributed by atoms with Gasteiger partial charge in [0.1, 0.15) is 4.60 Å². The number of halogens is 1. The standard InChI is InChI=1S/C10H12BrNO2/c11-9-2-1-8(7-12-9)10(13)3-5-14-6-4-10/h1-2,7,13H,3-6H2. The van der Waals surface area contributed by atoms with Gasteiger partial charge in [0.05, 0.1) is 5.60 Å². The number of aromatic nitrogens is 1. The smallest absolute Gasteiger partial charge is 0.106 e. The number of hydrogen-bond acceptors (Lipinski definition) is 3. The van der Waals surface area contributed by atoms with Crippen LogP contribution in [0.2, 0.25) is 0 Å². The summed E-state index contributed by atoms with van der Waals surface area (Å²) in [7, 11) is 0. The van der Waals surface area contributed by atoms with Gasteiger partial charge >= 0.3 is 0 Å². The minimum absolute atomic E-state index is 0.618. The van der Waals surface area contributed by atoms with Gasteiger partial charge in [-0.2, -0.15) is 0 Å². The van der Waals surface area contributed by atoms with Crippen molar-refractivity contribution in [2.24, 2.45) is 0 Å². The number of aliphatic hydroxyl groups is 1. The van der Waals surface area contributed by atoms with E-state index in [1.165, 1.54) is 0 Å². The third kappa shape index (κ3) is 1.97. The highest BCUT2D eigenvalue weighted by Gasteiger charge is 2.31. The van der Waals surface area contributed by atoms with Gasteiger partial charge in [-0.25, -0.2) is 4.98 Å². The average Bonchev–Trinajstić information content (AvgIpc) is 2.19. The van der Waals surface area contributed by atoms with E-state index in [-0.39, 0.29) is 0 Å². The molecule has 4 heteroatoms. The van der Waals surface area contributed by atoms with E-state index >= 15 is 0 Å². The maximum absolute atomic E-state index is 10.3. The second-order valence-corrected chi connectivity index (χ2v) is 4.33. The van der Waals surface area contributed by atoms with Crippen molar-refractivity contribution in [3.05, 3.63) is 28.5 Å². The van der Waals surface area contributed by atoms with Crippen LogP contribution in [0.15, 0.2) is 22.9 Å². The van der Waals surface area contributed by atoms with Crippen molar-refractivity contribution in [3.63, 3.8) is 0 Å². The van der Waals surface area contributed by atoms with Crippen LogP contribution < -0.4 is 0 Å². The predicted molar refractivity (Wildman–Crippen MR) is 55.9 cm³/mol. The van der Waals surface area contributed by atoms with Crippen LogP contribution in [0.1, 0.15) is 18.4 Å². The lowest BCUT2D eigenvalue weighted by Gasteiger charge is -2.32. The molecule has 0 spiro atoms. The molecule has 1 aliphatic rings. The largest absolute Gasteiger partial charge is 0.385 e. The van der Waals surface area contributed by atoms with Gasteiger partial charge in [-0.05, 0) is 22.0 Å². The van der Waals surface area contributed by atoms with E-state index in [1.54, 1.807) is 6.20 Å². The molecule has 0 atom stereocenters. The summed E-state index contributed by atoms with van der Waals surface area (Å²) < 4.78 is 6.01. The van der Waals surface area contributed by atoms with E-state index in [1.807, 2.05) is 12.1 Å². The van der Waals surface area contributed by atoms with E-state index in [0.29, 0.717) is 26.1 Å². The van der Waals surface area contributed by atoms with Crippen LogP contribution >= 0.6 is 15.9 Å². The summed E-state index contributed by atoms with van der Waals surface area (Å²) >= 11 is 3.27. The SMILES string of the molecule is OC1(c2ccc(Br)nc2)CCOCC1. The first-order valence-corrected chi connectivity index (χ1v) is 5.42. The number of ether oxygens (including phenoxy) is 1. The number of rotatable bonds is 1. The van der Waals surface area contributed by atoms with E-state index < -0.39 is 5.60 Å². The fourth-order valence-corrected chi connectivity index (χ4v) is 1.88. The normalized spacial score (nSPS) is 20.7. The minimum Gasteiger partial charge on any atom is -0.385 e. The highest BCUT2D eigenvalue weighted by molar-refractivity contribution is 9.10. The molecule has 0 amide bonds. The molecule has 0 saturated carbocycles. The van der Waals surface area contributed by atoms with Crippen LogP contribution in [0.5, 0.6) is 0 Å². The molecular formula is C10H12BrNO2. The first-order valence-electron chi connectivity index (χ1n) is 4.63. The monoisotopic (exact) mass is 257 g/mol. The molecule has 2 heterocycles. The second-order valence-electron chi connectivity index (χ2n) is 3.51. The molecule has 1 aromatic heterocycles. The van der Waals surface area contributed by atoms with Crippen molar-refractivity contribution < 1.29 is 9.84 Å². The molecule has 1 aliphatic heterocycles. The summed E-state index contributed by atoms with van der Waals surface area (Å²) in [5, 5.41) is 10.3. The first-order chi connectivity index (χ1) is 6.71. The number of nitrogens with zero attached hydrogens (tertiary/aromatic N) is 1. The summed E-state index contributed by atoms with van der Waals surface area (Å²) in [5.74, 6) is 0. The Morgan fingerprint density at radius 2 is 2.07 bits per heavy atom. The van der Waals surface area contributed by atoms with E-state index in [2.05, 4.69) is 20.9 Å². The van der Waals surface area contributed by atoms with Crippen molar-refractivity contribution >= 4 is 15.9 Å². The van der Waals surface area contributed by atoms with Crippen LogP contribution in [0, 0.1) is 0 Å². The van der Waals surface area contributed by atoms with Gasteiger partial charge in [-0.15, -0.1) is 0 Å². The lowest BCUT2D eigenvalue weighted by molar-refractivity contribution is -0.0681. The van der Waals surface area contributed by atoms with Crippen molar-refractivity contribution in [1.82, 2.24) is 4.98 Å². The van der Waals surface area contributed by atoms with Crippen LogP contribution in [0.25, 0.3) is 0 Å². The van der Waals surface area contributed by atoms with Gasteiger partial charge in [0.2, 0.25) is 0 Å². The Hall–Kier alpha value is -0.450. The third-order valence-corrected chi connectivity index (χ3v) is 3.05. The molecule has 2 rings (SSSR count). The van der Waals surface area contributed by atoms with Gasteiger partial charge in [0.15, 0.2) is 0 Å². The second kappa shape index (κ2) is 3.96. The molecule has 14 heavy (non-hydrogen) atoms. The van der Waals surface area contributed by atoms with Crippen LogP contribution in [-0.2, 0) is 10.3 Å². The zero-order valence-electron chi connectivity index (χ0n) is 7.74. The molecule has 1 aromatic rings. The molecule has 0 aromatic carbocycles. The third-order valence-electron chi connectivity index (χ3n) is 2.58.